The van der Waals surface area contributed by atoms with E-state index in [1.807, 2.05) is 24.3 Å². The summed E-state index contributed by atoms with van der Waals surface area (Å²) in [5.41, 5.74) is 0.680. The van der Waals surface area contributed by atoms with Crippen LogP contribution in [0.4, 0.5) is 17.2 Å². The SMILES string of the molecule is CC(Nc1nc2ccccn2c(=O)c1[N+](=O)[O-])C(=O)N1CCc2ccccc21. The molecule has 2 aromatic heterocycles. The fourth-order valence-electron chi connectivity index (χ4n) is 3.41. The number of carbonyl (C=O) groups excluding carboxylic acids is 1. The zero-order chi connectivity index (χ0) is 19.8. The molecule has 28 heavy (non-hydrogen) atoms. The van der Waals surface area contributed by atoms with Crippen LogP contribution in [-0.2, 0) is 11.2 Å². The number of nitro groups is 1. The van der Waals surface area contributed by atoms with E-state index in [0.29, 0.717) is 6.54 Å². The summed E-state index contributed by atoms with van der Waals surface area (Å²) in [4.78, 5) is 42.0. The Kier molecular flexibility index (Phi) is 4.26. The number of aromatic nitrogens is 2. The van der Waals surface area contributed by atoms with Crippen LogP contribution in [0.5, 0.6) is 0 Å². The molecular weight excluding hydrogens is 362 g/mol. The number of pyridine rings is 1. The maximum Gasteiger partial charge on any atom is 0.376 e. The molecule has 1 N–H and O–H groups in total. The van der Waals surface area contributed by atoms with Crippen LogP contribution in [0.2, 0.25) is 0 Å². The van der Waals surface area contributed by atoms with Crippen molar-refractivity contribution in [2.45, 2.75) is 19.4 Å². The van der Waals surface area contributed by atoms with Crippen LogP contribution in [0.3, 0.4) is 0 Å². The molecule has 1 amide bonds. The van der Waals surface area contributed by atoms with E-state index < -0.39 is 22.2 Å². The molecule has 9 heteroatoms. The van der Waals surface area contributed by atoms with E-state index in [-0.39, 0.29) is 17.4 Å². The van der Waals surface area contributed by atoms with Gasteiger partial charge in [0.25, 0.3) is 0 Å². The van der Waals surface area contributed by atoms with E-state index in [1.54, 1.807) is 30.0 Å². The van der Waals surface area contributed by atoms with Crippen molar-refractivity contribution in [1.29, 1.82) is 0 Å². The predicted molar refractivity (Wildman–Crippen MR) is 104 cm³/mol. The van der Waals surface area contributed by atoms with Crippen LogP contribution in [0.1, 0.15) is 12.5 Å². The summed E-state index contributed by atoms with van der Waals surface area (Å²) in [7, 11) is 0. The fourth-order valence-corrected chi connectivity index (χ4v) is 3.41. The normalized spacial score (nSPS) is 14.0. The van der Waals surface area contributed by atoms with Gasteiger partial charge in [0.1, 0.15) is 11.7 Å². The average Bonchev–Trinajstić information content (AvgIpc) is 3.11. The van der Waals surface area contributed by atoms with Gasteiger partial charge in [0, 0.05) is 18.4 Å². The third kappa shape index (κ3) is 2.86. The first-order valence-electron chi connectivity index (χ1n) is 8.79. The Morgan fingerprint density at radius 2 is 2.00 bits per heavy atom. The highest BCUT2D eigenvalue weighted by molar-refractivity contribution is 6.00. The number of carbonyl (C=O) groups is 1. The van der Waals surface area contributed by atoms with Gasteiger partial charge in [0.05, 0.1) is 4.92 Å². The molecule has 1 aliphatic rings. The fraction of sp³-hybridized carbons (Fsp3) is 0.211. The number of hydrogen-bond donors (Lipinski definition) is 1. The number of para-hydroxylation sites is 1. The molecule has 4 rings (SSSR count). The number of benzene rings is 1. The lowest BCUT2D eigenvalue weighted by Gasteiger charge is -2.22. The standard InChI is InChI=1S/C19H17N5O4/c1-12(18(25)22-11-9-13-6-2-3-7-14(13)22)20-17-16(24(27)28)19(26)23-10-5-4-8-15(23)21-17/h2-8,10,12,20H,9,11H2,1H3. The molecule has 0 spiro atoms. The number of fused-ring (bicyclic) bond motifs is 2. The van der Waals surface area contributed by atoms with E-state index in [9.17, 15) is 19.7 Å². The summed E-state index contributed by atoms with van der Waals surface area (Å²) < 4.78 is 1.10. The molecule has 0 saturated carbocycles. The van der Waals surface area contributed by atoms with Crippen molar-refractivity contribution in [3.8, 4) is 0 Å². The second-order valence-corrected chi connectivity index (χ2v) is 6.53. The summed E-state index contributed by atoms with van der Waals surface area (Å²) in [6, 6.07) is 11.6. The highest BCUT2D eigenvalue weighted by Crippen LogP contribution is 2.28. The summed E-state index contributed by atoms with van der Waals surface area (Å²) in [5.74, 6) is -0.455. The first-order valence-corrected chi connectivity index (χ1v) is 8.79. The Bertz CT molecular complexity index is 1160. The van der Waals surface area contributed by atoms with E-state index in [1.165, 1.54) is 6.20 Å². The molecule has 0 radical (unpaired) electrons. The number of amides is 1. The van der Waals surface area contributed by atoms with Gasteiger partial charge < -0.3 is 10.2 Å². The second-order valence-electron chi connectivity index (χ2n) is 6.53. The number of anilines is 2. The van der Waals surface area contributed by atoms with E-state index in [2.05, 4.69) is 10.3 Å². The van der Waals surface area contributed by atoms with Crippen LogP contribution >= 0.6 is 0 Å². The van der Waals surface area contributed by atoms with Gasteiger partial charge in [0.15, 0.2) is 0 Å². The first-order chi connectivity index (χ1) is 13.5. The molecule has 142 valence electrons. The van der Waals surface area contributed by atoms with Crippen LogP contribution in [0.25, 0.3) is 5.65 Å². The lowest BCUT2D eigenvalue weighted by molar-refractivity contribution is -0.385. The Balaban J connectivity index is 1.68. The van der Waals surface area contributed by atoms with Crippen molar-refractivity contribution >= 4 is 28.7 Å². The number of rotatable bonds is 4. The van der Waals surface area contributed by atoms with Crippen molar-refractivity contribution in [2.75, 3.05) is 16.8 Å². The van der Waals surface area contributed by atoms with Crippen LogP contribution < -0.4 is 15.8 Å². The van der Waals surface area contributed by atoms with Crippen molar-refractivity contribution in [1.82, 2.24) is 9.38 Å². The van der Waals surface area contributed by atoms with Crippen LogP contribution in [-0.4, -0.2) is 32.8 Å². The molecule has 1 aliphatic heterocycles. The molecule has 0 bridgehead atoms. The highest BCUT2D eigenvalue weighted by atomic mass is 16.6. The molecule has 0 aliphatic carbocycles. The summed E-state index contributed by atoms with van der Waals surface area (Å²) >= 11 is 0. The predicted octanol–water partition coefficient (Wildman–Crippen LogP) is 1.99. The van der Waals surface area contributed by atoms with Gasteiger partial charge in [-0.3, -0.25) is 24.1 Å². The number of nitrogens with one attached hydrogen (secondary N) is 1. The quantitative estimate of drug-likeness (QED) is 0.548. The minimum atomic E-state index is -0.803. The smallest absolute Gasteiger partial charge is 0.353 e. The minimum absolute atomic E-state index is 0.213. The topological polar surface area (TPSA) is 110 Å². The molecule has 1 aromatic carbocycles. The monoisotopic (exact) mass is 379 g/mol. The average molecular weight is 379 g/mol. The zero-order valence-corrected chi connectivity index (χ0v) is 15.0. The molecule has 3 aromatic rings. The third-order valence-corrected chi connectivity index (χ3v) is 4.77. The van der Waals surface area contributed by atoms with Gasteiger partial charge >= 0.3 is 11.2 Å². The molecule has 9 nitrogen and oxygen atoms in total. The second kappa shape index (κ2) is 6.76. The Morgan fingerprint density at radius 1 is 1.25 bits per heavy atom. The Labute approximate surface area is 159 Å². The van der Waals surface area contributed by atoms with Crippen LogP contribution in [0, 0.1) is 10.1 Å². The Hall–Kier alpha value is -3.75. The van der Waals surface area contributed by atoms with Crippen molar-refractivity contribution in [2.24, 2.45) is 0 Å². The zero-order valence-electron chi connectivity index (χ0n) is 15.0. The lowest BCUT2D eigenvalue weighted by atomic mass is 10.2. The van der Waals surface area contributed by atoms with E-state index >= 15 is 0 Å². The minimum Gasteiger partial charge on any atom is -0.353 e. The van der Waals surface area contributed by atoms with Crippen molar-refractivity contribution in [3.63, 3.8) is 0 Å². The largest absolute Gasteiger partial charge is 0.376 e. The molecular formula is C19H17N5O4. The van der Waals surface area contributed by atoms with Crippen molar-refractivity contribution < 1.29 is 9.72 Å². The molecule has 0 fully saturated rings. The first kappa shape index (κ1) is 17.7. The summed E-state index contributed by atoms with van der Waals surface area (Å²) in [6.45, 7) is 2.14. The summed E-state index contributed by atoms with van der Waals surface area (Å²) in [6.07, 6.45) is 2.17. The van der Waals surface area contributed by atoms with E-state index in [0.717, 1.165) is 22.1 Å². The summed E-state index contributed by atoms with van der Waals surface area (Å²) in [5, 5.41) is 14.2. The molecule has 3 heterocycles. The molecule has 1 atom stereocenters. The molecule has 1 unspecified atom stereocenters. The highest BCUT2D eigenvalue weighted by Gasteiger charge is 2.31. The van der Waals surface area contributed by atoms with Gasteiger partial charge in [-0.15, -0.1) is 0 Å². The van der Waals surface area contributed by atoms with Gasteiger partial charge in [-0.05, 0) is 37.1 Å². The number of nitrogens with zero attached hydrogens (tertiary/aromatic N) is 4. The van der Waals surface area contributed by atoms with E-state index in [4.69, 9.17) is 0 Å². The number of hydrogen-bond acceptors (Lipinski definition) is 6. The van der Waals surface area contributed by atoms with Gasteiger partial charge in [-0.25, -0.2) is 4.98 Å². The lowest BCUT2D eigenvalue weighted by Crippen LogP contribution is -2.41. The maximum atomic E-state index is 12.9. The third-order valence-electron chi connectivity index (χ3n) is 4.77. The Morgan fingerprint density at radius 3 is 2.79 bits per heavy atom. The van der Waals surface area contributed by atoms with Gasteiger partial charge in [-0.2, -0.15) is 0 Å². The van der Waals surface area contributed by atoms with Crippen LogP contribution in [0.15, 0.2) is 53.5 Å². The maximum absolute atomic E-state index is 12.9. The van der Waals surface area contributed by atoms with Gasteiger partial charge in [-0.1, -0.05) is 24.3 Å². The van der Waals surface area contributed by atoms with Crippen molar-refractivity contribution in [3.05, 3.63) is 74.7 Å². The molecule has 0 saturated heterocycles. The van der Waals surface area contributed by atoms with Gasteiger partial charge in [0.2, 0.25) is 11.7 Å².